The van der Waals surface area contributed by atoms with Crippen LogP contribution in [0.25, 0.3) is 16.8 Å². The Morgan fingerprint density at radius 1 is 1.00 bits per heavy atom. The number of hydrogen-bond acceptors (Lipinski definition) is 2. The minimum atomic E-state index is -0.113. The Morgan fingerprint density at radius 2 is 1.73 bits per heavy atom. The van der Waals surface area contributed by atoms with E-state index in [4.69, 9.17) is 0 Å². The normalized spacial score (nSPS) is 10.6. The quantitative estimate of drug-likeness (QED) is 0.579. The van der Waals surface area contributed by atoms with Gasteiger partial charge in [-0.05, 0) is 17.7 Å². The second-order valence-electron chi connectivity index (χ2n) is 5.96. The van der Waals surface area contributed by atoms with E-state index in [0.717, 1.165) is 22.4 Å². The number of hydrogen-bond donors (Lipinski definition) is 2. The van der Waals surface area contributed by atoms with Crippen LogP contribution < -0.4 is 5.32 Å². The van der Waals surface area contributed by atoms with Crippen molar-refractivity contribution in [1.29, 1.82) is 0 Å². The minimum absolute atomic E-state index is 0.113. The van der Waals surface area contributed by atoms with Crippen LogP contribution in [0.2, 0.25) is 0 Å². The van der Waals surface area contributed by atoms with Gasteiger partial charge in [0.15, 0.2) is 0 Å². The van der Waals surface area contributed by atoms with Gasteiger partial charge in [-0.3, -0.25) is 4.79 Å². The molecule has 2 heterocycles. The maximum Gasteiger partial charge on any atom is 0.253 e. The van der Waals surface area contributed by atoms with Crippen molar-refractivity contribution in [3.8, 4) is 16.8 Å². The van der Waals surface area contributed by atoms with Crippen LogP contribution in [0.3, 0.4) is 0 Å². The molecule has 128 valence electrons. The highest BCUT2D eigenvalue weighted by Crippen LogP contribution is 2.23. The summed E-state index contributed by atoms with van der Waals surface area (Å²) in [5.41, 5.74) is 4.46. The Bertz CT molecular complexity index is 1000. The van der Waals surface area contributed by atoms with E-state index in [-0.39, 0.29) is 5.91 Å². The monoisotopic (exact) mass is 342 g/mol. The SMILES string of the molecule is O=C(NCc1cnn(-c2ccccc2)c1)c1c[nH]cc1-c1ccccc1. The zero-order valence-electron chi connectivity index (χ0n) is 14.1. The largest absolute Gasteiger partial charge is 0.366 e. The van der Waals surface area contributed by atoms with Crippen molar-refractivity contribution in [2.45, 2.75) is 6.54 Å². The fraction of sp³-hybridized carbons (Fsp3) is 0.0476. The molecule has 0 saturated heterocycles. The molecule has 0 aliphatic rings. The van der Waals surface area contributed by atoms with Gasteiger partial charge in [-0.1, -0.05) is 48.5 Å². The lowest BCUT2D eigenvalue weighted by Crippen LogP contribution is -2.22. The van der Waals surface area contributed by atoms with Crippen molar-refractivity contribution < 1.29 is 4.79 Å². The van der Waals surface area contributed by atoms with E-state index in [2.05, 4.69) is 15.4 Å². The van der Waals surface area contributed by atoms with Crippen molar-refractivity contribution in [2.24, 2.45) is 0 Å². The summed E-state index contributed by atoms with van der Waals surface area (Å²) in [6, 6.07) is 19.7. The number of para-hydroxylation sites is 1. The van der Waals surface area contributed by atoms with Gasteiger partial charge in [0.1, 0.15) is 0 Å². The second-order valence-corrected chi connectivity index (χ2v) is 5.96. The summed E-state index contributed by atoms with van der Waals surface area (Å²) in [7, 11) is 0. The molecule has 0 unspecified atom stereocenters. The number of carbonyl (C=O) groups is 1. The van der Waals surface area contributed by atoms with Crippen molar-refractivity contribution in [2.75, 3.05) is 0 Å². The molecule has 4 rings (SSSR count). The van der Waals surface area contributed by atoms with Crippen LogP contribution in [0.15, 0.2) is 85.5 Å². The molecule has 4 aromatic rings. The summed E-state index contributed by atoms with van der Waals surface area (Å²) in [6.45, 7) is 0.422. The van der Waals surface area contributed by atoms with Gasteiger partial charge in [0.2, 0.25) is 0 Å². The van der Waals surface area contributed by atoms with Crippen LogP contribution >= 0.6 is 0 Å². The number of benzene rings is 2. The van der Waals surface area contributed by atoms with Crippen LogP contribution in [0.4, 0.5) is 0 Å². The molecule has 0 aliphatic heterocycles. The molecule has 2 aromatic heterocycles. The highest BCUT2D eigenvalue weighted by Gasteiger charge is 2.14. The fourth-order valence-corrected chi connectivity index (χ4v) is 2.86. The zero-order valence-corrected chi connectivity index (χ0v) is 14.1. The van der Waals surface area contributed by atoms with Crippen LogP contribution in [-0.4, -0.2) is 20.7 Å². The van der Waals surface area contributed by atoms with Crippen LogP contribution in [-0.2, 0) is 6.54 Å². The van der Waals surface area contributed by atoms with E-state index < -0.39 is 0 Å². The highest BCUT2D eigenvalue weighted by atomic mass is 16.1. The molecular weight excluding hydrogens is 324 g/mol. The number of H-pyrrole nitrogens is 1. The first-order chi connectivity index (χ1) is 12.8. The summed E-state index contributed by atoms with van der Waals surface area (Å²) in [4.78, 5) is 15.6. The molecule has 0 spiro atoms. The lowest BCUT2D eigenvalue weighted by atomic mass is 10.0. The van der Waals surface area contributed by atoms with E-state index in [9.17, 15) is 4.79 Å². The smallest absolute Gasteiger partial charge is 0.253 e. The minimum Gasteiger partial charge on any atom is -0.366 e. The van der Waals surface area contributed by atoms with E-state index >= 15 is 0 Å². The summed E-state index contributed by atoms with van der Waals surface area (Å²) >= 11 is 0. The Hall–Kier alpha value is -3.60. The highest BCUT2D eigenvalue weighted by molar-refractivity contribution is 6.00. The fourth-order valence-electron chi connectivity index (χ4n) is 2.86. The van der Waals surface area contributed by atoms with E-state index in [0.29, 0.717) is 12.1 Å². The number of aromatic amines is 1. The molecule has 2 N–H and O–H groups in total. The molecule has 26 heavy (non-hydrogen) atoms. The number of amides is 1. The Labute approximate surface area is 151 Å². The van der Waals surface area contributed by atoms with Crippen molar-refractivity contribution in [3.05, 3.63) is 96.6 Å². The molecule has 0 saturated carbocycles. The van der Waals surface area contributed by atoms with Crippen LogP contribution in [0.1, 0.15) is 15.9 Å². The lowest BCUT2D eigenvalue weighted by Gasteiger charge is -2.05. The van der Waals surface area contributed by atoms with Crippen molar-refractivity contribution in [3.63, 3.8) is 0 Å². The van der Waals surface area contributed by atoms with Crippen LogP contribution in [0, 0.1) is 0 Å². The molecule has 5 nitrogen and oxygen atoms in total. The number of aromatic nitrogens is 3. The first kappa shape index (κ1) is 15.9. The first-order valence-corrected chi connectivity index (χ1v) is 8.40. The molecule has 0 atom stereocenters. The summed E-state index contributed by atoms with van der Waals surface area (Å²) in [5.74, 6) is -0.113. The standard InChI is InChI=1S/C21H18N4O/c26-21(20-14-22-13-19(20)17-7-3-1-4-8-17)23-11-16-12-24-25(15-16)18-9-5-2-6-10-18/h1-10,12-15,22H,11H2,(H,23,26). The van der Waals surface area contributed by atoms with Gasteiger partial charge >= 0.3 is 0 Å². The number of nitrogens with zero attached hydrogens (tertiary/aromatic N) is 2. The zero-order chi connectivity index (χ0) is 17.8. The number of nitrogens with one attached hydrogen (secondary N) is 2. The Morgan fingerprint density at radius 3 is 2.50 bits per heavy atom. The third-order valence-corrected chi connectivity index (χ3v) is 4.18. The summed E-state index contributed by atoms with van der Waals surface area (Å²) in [5, 5.41) is 7.32. The van der Waals surface area contributed by atoms with Gasteiger partial charge in [-0.2, -0.15) is 5.10 Å². The molecular formula is C21H18N4O. The predicted octanol–water partition coefficient (Wildman–Crippen LogP) is 3.80. The molecule has 0 aliphatic carbocycles. The average molecular weight is 342 g/mol. The summed E-state index contributed by atoms with van der Waals surface area (Å²) < 4.78 is 1.80. The molecule has 1 amide bonds. The first-order valence-electron chi connectivity index (χ1n) is 8.40. The molecule has 0 fully saturated rings. The third-order valence-electron chi connectivity index (χ3n) is 4.18. The van der Waals surface area contributed by atoms with E-state index in [1.807, 2.05) is 73.1 Å². The lowest BCUT2D eigenvalue weighted by molar-refractivity contribution is 0.0951. The molecule has 5 heteroatoms. The second kappa shape index (κ2) is 7.11. The number of rotatable bonds is 5. The number of carbonyl (C=O) groups excluding carboxylic acids is 1. The Balaban J connectivity index is 1.46. The third kappa shape index (κ3) is 3.28. The van der Waals surface area contributed by atoms with Crippen molar-refractivity contribution in [1.82, 2.24) is 20.1 Å². The maximum atomic E-state index is 12.6. The maximum absolute atomic E-state index is 12.6. The van der Waals surface area contributed by atoms with E-state index in [1.54, 1.807) is 17.1 Å². The van der Waals surface area contributed by atoms with Gasteiger partial charge in [0.25, 0.3) is 5.91 Å². The predicted molar refractivity (Wildman–Crippen MR) is 101 cm³/mol. The van der Waals surface area contributed by atoms with Gasteiger partial charge in [0, 0.05) is 36.3 Å². The van der Waals surface area contributed by atoms with Gasteiger partial charge in [-0.15, -0.1) is 0 Å². The van der Waals surface area contributed by atoms with Gasteiger partial charge < -0.3 is 10.3 Å². The van der Waals surface area contributed by atoms with E-state index in [1.165, 1.54) is 0 Å². The van der Waals surface area contributed by atoms with Gasteiger partial charge in [0.05, 0.1) is 17.4 Å². The molecule has 2 aromatic carbocycles. The summed E-state index contributed by atoms with van der Waals surface area (Å²) in [6.07, 6.45) is 7.26. The Kier molecular flexibility index (Phi) is 4.35. The van der Waals surface area contributed by atoms with Crippen LogP contribution in [0.5, 0.6) is 0 Å². The molecule has 0 radical (unpaired) electrons. The van der Waals surface area contributed by atoms with Gasteiger partial charge in [-0.25, -0.2) is 4.68 Å². The topological polar surface area (TPSA) is 62.7 Å². The molecule has 0 bridgehead atoms. The van der Waals surface area contributed by atoms with Crippen molar-refractivity contribution >= 4 is 5.91 Å². The average Bonchev–Trinajstić information content (AvgIpc) is 3.37.